The number of hydrogen-bond acceptors (Lipinski definition) is 6. The van der Waals surface area contributed by atoms with Crippen LogP contribution < -0.4 is 21.9 Å². The first-order valence-corrected chi connectivity index (χ1v) is 11.1. The zero-order chi connectivity index (χ0) is 22.5. The van der Waals surface area contributed by atoms with E-state index in [2.05, 4.69) is 9.97 Å². The van der Waals surface area contributed by atoms with Crippen molar-refractivity contribution in [2.24, 2.45) is 0 Å². The summed E-state index contributed by atoms with van der Waals surface area (Å²) in [5, 5.41) is 2.82. The van der Waals surface area contributed by atoms with Crippen molar-refractivity contribution in [3.63, 3.8) is 0 Å². The Morgan fingerprint density at radius 2 is 1.97 bits per heavy atom. The smallest absolute Gasteiger partial charge is 0.330 e. The molecule has 0 aliphatic carbocycles. The van der Waals surface area contributed by atoms with E-state index in [9.17, 15) is 14.4 Å². The van der Waals surface area contributed by atoms with E-state index in [0.717, 1.165) is 10.6 Å². The minimum absolute atomic E-state index is 0.00157. The number of nitrogens with two attached hydrogens (primary N) is 1. The maximum atomic E-state index is 13.1. The lowest BCUT2D eigenvalue weighted by molar-refractivity contribution is -0.118. The summed E-state index contributed by atoms with van der Waals surface area (Å²) >= 11 is 1.51. The molecule has 0 saturated heterocycles. The van der Waals surface area contributed by atoms with Gasteiger partial charge in [-0.25, -0.2) is 9.78 Å². The molecule has 1 amide bonds. The largest absolute Gasteiger partial charge is 0.383 e. The van der Waals surface area contributed by atoms with E-state index in [4.69, 9.17) is 5.73 Å². The zero-order valence-electron chi connectivity index (χ0n) is 17.9. The number of thiazole rings is 1. The molecule has 8 nitrogen and oxygen atoms in total. The number of amides is 1. The monoisotopic (exact) mass is 441 g/mol. The van der Waals surface area contributed by atoms with Gasteiger partial charge in [-0.05, 0) is 12.0 Å². The summed E-state index contributed by atoms with van der Waals surface area (Å²) in [4.78, 5) is 46.4. The summed E-state index contributed by atoms with van der Waals surface area (Å²) in [5.74, 6) is -0.0363. The van der Waals surface area contributed by atoms with E-state index in [-0.39, 0.29) is 36.3 Å². The van der Waals surface area contributed by atoms with E-state index in [1.54, 1.807) is 0 Å². The molecule has 31 heavy (non-hydrogen) atoms. The van der Waals surface area contributed by atoms with Crippen LogP contribution in [0.4, 0.5) is 11.5 Å². The molecule has 0 saturated carbocycles. The fourth-order valence-corrected chi connectivity index (χ4v) is 4.10. The van der Waals surface area contributed by atoms with Crippen LogP contribution in [0.25, 0.3) is 0 Å². The molecule has 3 aromatic rings. The van der Waals surface area contributed by atoms with Gasteiger partial charge in [0.2, 0.25) is 5.91 Å². The second-order valence-electron chi connectivity index (χ2n) is 7.62. The molecule has 0 spiro atoms. The summed E-state index contributed by atoms with van der Waals surface area (Å²) in [7, 11) is 0. The molecule has 3 N–H and O–H groups in total. The van der Waals surface area contributed by atoms with Gasteiger partial charge in [-0.2, -0.15) is 0 Å². The first-order chi connectivity index (χ1) is 14.8. The number of aromatic amines is 1. The van der Waals surface area contributed by atoms with Crippen molar-refractivity contribution in [3.05, 3.63) is 72.8 Å². The maximum absolute atomic E-state index is 13.1. The second-order valence-corrected chi connectivity index (χ2v) is 8.51. The Morgan fingerprint density at radius 1 is 1.26 bits per heavy atom. The number of rotatable bonds is 8. The molecule has 0 aliphatic heterocycles. The van der Waals surface area contributed by atoms with Crippen LogP contribution in [0, 0.1) is 0 Å². The van der Waals surface area contributed by atoms with Gasteiger partial charge < -0.3 is 10.6 Å². The molecule has 0 aliphatic rings. The lowest BCUT2D eigenvalue weighted by atomic mass is 10.2. The van der Waals surface area contributed by atoms with Crippen LogP contribution >= 0.6 is 11.3 Å². The van der Waals surface area contributed by atoms with Gasteiger partial charge in [0.1, 0.15) is 5.82 Å². The average Bonchev–Trinajstić information content (AvgIpc) is 3.20. The number of benzene rings is 1. The van der Waals surface area contributed by atoms with Crippen molar-refractivity contribution in [1.82, 2.24) is 14.5 Å². The summed E-state index contributed by atoms with van der Waals surface area (Å²) in [6.45, 7) is 6.49. The van der Waals surface area contributed by atoms with Crippen LogP contribution in [0.3, 0.4) is 0 Å². The van der Waals surface area contributed by atoms with Gasteiger partial charge in [0.05, 0.1) is 23.7 Å². The predicted octanol–water partition coefficient (Wildman–Crippen LogP) is 2.73. The van der Waals surface area contributed by atoms with Crippen molar-refractivity contribution in [1.29, 1.82) is 0 Å². The van der Waals surface area contributed by atoms with Gasteiger partial charge in [-0.1, -0.05) is 51.1 Å². The van der Waals surface area contributed by atoms with Gasteiger partial charge in [0, 0.05) is 17.8 Å². The first-order valence-electron chi connectivity index (χ1n) is 10.2. The molecule has 0 unspecified atom stereocenters. The Hall–Kier alpha value is -3.20. The number of carbonyl (C=O) groups is 1. The number of carbonyl (C=O) groups excluding carboxylic acids is 1. The third-order valence-corrected chi connectivity index (χ3v) is 6.01. The van der Waals surface area contributed by atoms with Crippen LogP contribution in [0.1, 0.15) is 49.4 Å². The van der Waals surface area contributed by atoms with Crippen molar-refractivity contribution in [2.75, 3.05) is 17.2 Å². The molecule has 0 fully saturated rings. The highest BCUT2D eigenvalue weighted by Gasteiger charge is 2.24. The van der Waals surface area contributed by atoms with Crippen LogP contribution in [-0.2, 0) is 17.8 Å². The SMILES string of the molecule is CCCN(C(=O)Cc1csc(C(C)C)n1)c1c(N)n(Cc2ccccc2)c(=O)[nH]c1=O. The highest BCUT2D eigenvalue weighted by molar-refractivity contribution is 7.09. The third-order valence-electron chi connectivity index (χ3n) is 4.81. The van der Waals surface area contributed by atoms with Gasteiger partial charge in [-0.15, -0.1) is 11.3 Å². The minimum atomic E-state index is -0.672. The molecule has 164 valence electrons. The lowest BCUT2D eigenvalue weighted by Crippen LogP contribution is -2.42. The molecule has 0 bridgehead atoms. The lowest BCUT2D eigenvalue weighted by Gasteiger charge is -2.24. The van der Waals surface area contributed by atoms with Gasteiger partial charge in [0.15, 0.2) is 5.69 Å². The maximum Gasteiger partial charge on any atom is 0.330 e. The Morgan fingerprint density at radius 3 is 2.58 bits per heavy atom. The number of nitrogen functional groups attached to an aromatic ring is 1. The van der Waals surface area contributed by atoms with Crippen molar-refractivity contribution >= 4 is 28.7 Å². The van der Waals surface area contributed by atoms with Crippen LogP contribution in [0.2, 0.25) is 0 Å². The second kappa shape index (κ2) is 9.74. The number of aromatic nitrogens is 3. The highest BCUT2D eigenvalue weighted by atomic mass is 32.1. The van der Waals surface area contributed by atoms with Crippen LogP contribution in [-0.4, -0.2) is 27.0 Å². The highest BCUT2D eigenvalue weighted by Crippen LogP contribution is 2.22. The van der Waals surface area contributed by atoms with E-state index in [1.807, 2.05) is 56.5 Å². The van der Waals surface area contributed by atoms with E-state index >= 15 is 0 Å². The van der Waals surface area contributed by atoms with Crippen molar-refractivity contribution in [2.45, 2.75) is 46.1 Å². The normalized spacial score (nSPS) is 11.1. The molecule has 3 rings (SSSR count). The number of H-pyrrole nitrogens is 1. The van der Waals surface area contributed by atoms with Gasteiger partial charge in [-0.3, -0.25) is 19.1 Å². The number of anilines is 2. The Bertz CT molecular complexity index is 1160. The van der Waals surface area contributed by atoms with E-state index < -0.39 is 11.2 Å². The van der Waals surface area contributed by atoms with Crippen molar-refractivity contribution < 1.29 is 4.79 Å². The molecule has 2 aromatic heterocycles. The van der Waals surface area contributed by atoms with Crippen LogP contribution in [0.5, 0.6) is 0 Å². The zero-order valence-corrected chi connectivity index (χ0v) is 18.7. The molecule has 0 radical (unpaired) electrons. The summed E-state index contributed by atoms with van der Waals surface area (Å²) in [6.07, 6.45) is 0.677. The Balaban J connectivity index is 1.97. The molecule has 9 heteroatoms. The third kappa shape index (κ3) is 5.11. The topological polar surface area (TPSA) is 114 Å². The fraction of sp³-hybridized carbons (Fsp3) is 0.364. The Labute approximate surface area is 184 Å². The van der Waals surface area contributed by atoms with Crippen LogP contribution in [0.15, 0.2) is 45.3 Å². The molecular weight excluding hydrogens is 414 g/mol. The van der Waals surface area contributed by atoms with Gasteiger partial charge >= 0.3 is 5.69 Å². The molecular formula is C22H27N5O3S. The fourth-order valence-electron chi connectivity index (χ4n) is 3.27. The molecule has 0 atom stereocenters. The first kappa shape index (κ1) is 22.5. The van der Waals surface area contributed by atoms with Crippen molar-refractivity contribution in [3.8, 4) is 0 Å². The predicted molar refractivity (Wildman–Crippen MR) is 124 cm³/mol. The van der Waals surface area contributed by atoms with E-state index in [1.165, 1.54) is 20.8 Å². The number of nitrogens with zero attached hydrogens (tertiary/aromatic N) is 3. The number of nitrogens with one attached hydrogen (secondary N) is 1. The molecule has 2 heterocycles. The number of hydrogen-bond donors (Lipinski definition) is 2. The summed E-state index contributed by atoms with van der Waals surface area (Å²) < 4.78 is 1.28. The average molecular weight is 442 g/mol. The summed E-state index contributed by atoms with van der Waals surface area (Å²) in [5.41, 5.74) is 6.51. The Kier molecular flexibility index (Phi) is 7.06. The van der Waals surface area contributed by atoms with E-state index in [0.29, 0.717) is 18.7 Å². The molecule has 1 aromatic carbocycles. The van der Waals surface area contributed by atoms with Gasteiger partial charge in [0.25, 0.3) is 5.56 Å². The quantitative estimate of drug-likeness (QED) is 0.558. The summed E-state index contributed by atoms with van der Waals surface area (Å²) in [6, 6.07) is 9.31. The standard InChI is InChI=1S/C22H27N5O3S/c1-4-10-26(17(28)11-16-13-31-21(24-16)14(2)3)18-19(23)27(22(30)25-20(18)29)12-15-8-6-5-7-9-15/h5-9,13-14H,4,10-12,23H2,1-3H3,(H,25,29,30). The minimum Gasteiger partial charge on any atom is -0.383 e.